The highest BCUT2D eigenvalue weighted by molar-refractivity contribution is 5.97. The van der Waals surface area contributed by atoms with Crippen LogP contribution in [0.25, 0.3) is 0 Å². The van der Waals surface area contributed by atoms with Crippen LogP contribution in [0.5, 0.6) is 0 Å². The van der Waals surface area contributed by atoms with E-state index in [-0.39, 0.29) is 42.1 Å². The van der Waals surface area contributed by atoms with Crippen LogP contribution >= 0.6 is 0 Å². The first kappa shape index (κ1) is 23.4. The van der Waals surface area contributed by atoms with Gasteiger partial charge in [0, 0.05) is 37.5 Å². The molecule has 0 saturated carbocycles. The van der Waals surface area contributed by atoms with E-state index in [1.165, 1.54) is 12.1 Å². The third-order valence-electron chi connectivity index (χ3n) is 3.71. The summed E-state index contributed by atoms with van der Waals surface area (Å²) in [5, 5.41) is 22.7. The number of carbonyl (C=O) groups excluding carboxylic acids is 2. The Hall–Kier alpha value is -2.68. The average molecular weight is 395 g/mol. The minimum Gasteiger partial charge on any atom is -0.452 e. The van der Waals surface area contributed by atoms with Gasteiger partial charge in [0.05, 0.1) is 17.1 Å². The van der Waals surface area contributed by atoms with Gasteiger partial charge >= 0.3 is 5.97 Å². The highest BCUT2D eigenvalue weighted by atomic mass is 16.6. The van der Waals surface area contributed by atoms with Gasteiger partial charge in [-0.3, -0.25) is 14.9 Å². The number of non-ortho nitro benzene ring substituents is 1. The van der Waals surface area contributed by atoms with E-state index >= 15 is 0 Å². The summed E-state index contributed by atoms with van der Waals surface area (Å²) in [5.41, 5.74) is -0.0397. The largest absolute Gasteiger partial charge is 0.452 e. The second-order valence-electron chi connectivity index (χ2n) is 7.30. The van der Waals surface area contributed by atoms with Crippen molar-refractivity contribution >= 4 is 23.3 Å². The lowest BCUT2D eigenvalue weighted by Crippen LogP contribution is -2.39. The minimum atomic E-state index is -0.841. The monoisotopic (exact) mass is 395 g/mol. The molecular formula is C19H29N3O6. The molecule has 0 heterocycles. The maximum Gasteiger partial charge on any atom is 0.341 e. The van der Waals surface area contributed by atoms with Crippen LogP contribution in [0.3, 0.4) is 0 Å². The molecule has 2 N–H and O–H groups in total. The van der Waals surface area contributed by atoms with Gasteiger partial charge in [0.2, 0.25) is 0 Å². The molecule has 0 atom stereocenters. The summed E-state index contributed by atoms with van der Waals surface area (Å²) in [7, 11) is 0. The second kappa shape index (κ2) is 11.2. The number of nitrogens with one attached hydrogen (secondary N) is 1. The fourth-order valence-electron chi connectivity index (χ4n) is 2.62. The van der Waals surface area contributed by atoms with E-state index in [0.717, 1.165) is 6.07 Å². The van der Waals surface area contributed by atoms with Crippen molar-refractivity contribution < 1.29 is 24.4 Å². The summed E-state index contributed by atoms with van der Waals surface area (Å²) in [6, 6.07) is 3.71. The number of anilines is 1. The van der Waals surface area contributed by atoms with Gasteiger partial charge in [0.15, 0.2) is 6.61 Å². The van der Waals surface area contributed by atoms with E-state index in [0.29, 0.717) is 18.8 Å². The quantitative estimate of drug-likeness (QED) is 0.335. The van der Waals surface area contributed by atoms with E-state index in [9.17, 15) is 19.7 Å². The van der Waals surface area contributed by atoms with Gasteiger partial charge in [-0.1, -0.05) is 27.7 Å². The third kappa shape index (κ3) is 7.51. The van der Waals surface area contributed by atoms with E-state index in [1.807, 2.05) is 27.7 Å². The maximum absolute atomic E-state index is 12.5. The predicted octanol–water partition coefficient (Wildman–Crippen LogP) is 2.30. The van der Waals surface area contributed by atoms with Gasteiger partial charge in [-0.15, -0.1) is 0 Å². The molecule has 0 fully saturated rings. The highest BCUT2D eigenvalue weighted by Gasteiger charge is 2.21. The first-order chi connectivity index (χ1) is 13.1. The van der Waals surface area contributed by atoms with Crippen molar-refractivity contribution in [2.24, 2.45) is 11.8 Å². The molecule has 0 unspecified atom stereocenters. The molecule has 28 heavy (non-hydrogen) atoms. The molecule has 0 bridgehead atoms. The van der Waals surface area contributed by atoms with Gasteiger partial charge in [-0.2, -0.15) is 0 Å². The van der Waals surface area contributed by atoms with Crippen molar-refractivity contribution in [1.29, 1.82) is 0 Å². The molecule has 1 rings (SSSR count). The van der Waals surface area contributed by atoms with Gasteiger partial charge < -0.3 is 20.1 Å². The molecule has 9 nitrogen and oxygen atoms in total. The molecule has 0 aliphatic carbocycles. The standard InChI is InChI=1S/C19H29N3O6/c1-13(2)10-21(11-14(3)4)18(24)12-28-19(25)16-9-15(22(26)27)5-6-17(16)20-7-8-23/h5-6,9,13-14,20,23H,7-8,10-12H2,1-4H3. The van der Waals surface area contributed by atoms with Crippen LogP contribution in [-0.4, -0.2) is 59.7 Å². The summed E-state index contributed by atoms with van der Waals surface area (Å²) in [4.78, 5) is 37.0. The third-order valence-corrected chi connectivity index (χ3v) is 3.71. The first-order valence-corrected chi connectivity index (χ1v) is 9.23. The van der Waals surface area contributed by atoms with E-state index in [2.05, 4.69) is 5.32 Å². The summed E-state index contributed by atoms with van der Waals surface area (Å²) in [6.45, 7) is 8.62. The van der Waals surface area contributed by atoms with Gasteiger partial charge in [-0.25, -0.2) is 4.79 Å². The Bertz CT molecular complexity index is 680. The molecule has 0 spiro atoms. The van der Waals surface area contributed by atoms with Crippen LogP contribution in [0.15, 0.2) is 18.2 Å². The molecule has 0 aromatic heterocycles. The number of amides is 1. The average Bonchev–Trinajstić information content (AvgIpc) is 2.62. The van der Waals surface area contributed by atoms with Crippen LogP contribution in [0, 0.1) is 22.0 Å². The SMILES string of the molecule is CC(C)CN(CC(C)C)C(=O)COC(=O)c1cc([N+](=O)[O-])ccc1NCCO. The normalized spacial score (nSPS) is 10.8. The number of aliphatic hydroxyl groups excluding tert-OH is 1. The lowest BCUT2D eigenvalue weighted by atomic mass is 10.1. The van der Waals surface area contributed by atoms with E-state index < -0.39 is 17.5 Å². The Morgan fingerprint density at radius 3 is 2.32 bits per heavy atom. The van der Waals surface area contributed by atoms with Crippen LogP contribution in [-0.2, 0) is 9.53 Å². The number of nitro groups is 1. The molecule has 0 aliphatic rings. The number of nitrogens with zero attached hydrogens (tertiary/aromatic N) is 2. The number of rotatable bonds is 11. The van der Waals surface area contributed by atoms with Crippen molar-refractivity contribution in [2.45, 2.75) is 27.7 Å². The number of ether oxygens (including phenoxy) is 1. The Morgan fingerprint density at radius 2 is 1.82 bits per heavy atom. The van der Waals surface area contributed by atoms with Gasteiger partial charge in [0.1, 0.15) is 0 Å². The Labute approximate surface area is 164 Å². The number of hydrogen-bond acceptors (Lipinski definition) is 7. The summed E-state index contributed by atoms with van der Waals surface area (Å²) in [6.07, 6.45) is 0. The fourth-order valence-corrected chi connectivity index (χ4v) is 2.62. The molecule has 9 heteroatoms. The van der Waals surface area contributed by atoms with E-state index in [1.54, 1.807) is 4.90 Å². The molecule has 156 valence electrons. The highest BCUT2D eigenvalue weighted by Crippen LogP contribution is 2.23. The lowest BCUT2D eigenvalue weighted by molar-refractivity contribution is -0.384. The predicted molar refractivity (Wildman–Crippen MR) is 105 cm³/mol. The zero-order valence-corrected chi connectivity index (χ0v) is 16.8. The van der Waals surface area contributed by atoms with Gasteiger partial charge in [-0.05, 0) is 17.9 Å². The van der Waals surface area contributed by atoms with Crippen molar-refractivity contribution in [1.82, 2.24) is 4.90 Å². The minimum absolute atomic E-state index is 0.0604. The summed E-state index contributed by atoms with van der Waals surface area (Å²) in [5.74, 6) is -0.619. The first-order valence-electron chi connectivity index (χ1n) is 9.23. The van der Waals surface area contributed by atoms with Crippen LogP contribution in [0.4, 0.5) is 11.4 Å². The zero-order chi connectivity index (χ0) is 21.3. The van der Waals surface area contributed by atoms with Crippen LogP contribution in [0.2, 0.25) is 0 Å². The van der Waals surface area contributed by atoms with Crippen LogP contribution in [0.1, 0.15) is 38.1 Å². The number of esters is 1. The number of nitro benzene ring substituents is 1. The summed E-state index contributed by atoms with van der Waals surface area (Å²) >= 11 is 0. The second-order valence-corrected chi connectivity index (χ2v) is 7.30. The molecular weight excluding hydrogens is 366 g/mol. The molecule has 0 saturated heterocycles. The molecule has 0 aliphatic heterocycles. The number of carbonyl (C=O) groups is 2. The molecule has 0 radical (unpaired) electrons. The Balaban J connectivity index is 2.91. The topological polar surface area (TPSA) is 122 Å². The molecule has 1 amide bonds. The number of benzene rings is 1. The fraction of sp³-hybridized carbons (Fsp3) is 0.579. The van der Waals surface area contributed by atoms with Crippen molar-refractivity contribution in [3.05, 3.63) is 33.9 Å². The van der Waals surface area contributed by atoms with E-state index in [4.69, 9.17) is 9.84 Å². The lowest BCUT2D eigenvalue weighted by Gasteiger charge is -2.26. The molecule has 1 aromatic carbocycles. The zero-order valence-electron chi connectivity index (χ0n) is 16.8. The van der Waals surface area contributed by atoms with Crippen molar-refractivity contribution in [3.8, 4) is 0 Å². The summed E-state index contributed by atoms with van der Waals surface area (Å²) < 4.78 is 5.13. The number of hydrogen-bond donors (Lipinski definition) is 2. The maximum atomic E-state index is 12.5. The van der Waals surface area contributed by atoms with Crippen molar-refractivity contribution in [2.75, 3.05) is 38.2 Å². The number of aliphatic hydroxyl groups is 1. The van der Waals surface area contributed by atoms with Gasteiger partial charge in [0.25, 0.3) is 11.6 Å². The molecule has 1 aromatic rings. The Morgan fingerprint density at radius 1 is 1.21 bits per heavy atom. The smallest absolute Gasteiger partial charge is 0.341 e. The van der Waals surface area contributed by atoms with Crippen molar-refractivity contribution in [3.63, 3.8) is 0 Å². The Kier molecular flexibility index (Phi) is 9.37. The van der Waals surface area contributed by atoms with Crippen LogP contribution < -0.4 is 5.32 Å².